The Bertz CT molecular complexity index is 197. The number of ether oxygens (including phenoxy) is 1. The van der Waals surface area contributed by atoms with Gasteiger partial charge in [-0.05, 0) is 0 Å². The zero-order valence-electron chi connectivity index (χ0n) is 5.60. The molecule has 0 bridgehead atoms. The molecular weight excluding hydrogens is 152 g/mol. The number of carbonyl (C=O) groups is 1. The van der Waals surface area contributed by atoms with Gasteiger partial charge in [0.15, 0.2) is 18.0 Å². The van der Waals surface area contributed by atoms with Crippen LogP contribution in [-0.4, -0.2) is 39.9 Å². The molecule has 5 nitrogen and oxygen atoms in total. The third-order valence-electron chi connectivity index (χ3n) is 1.41. The molecule has 0 unspecified atom stereocenters. The standard InChI is InChI=1S/C6H8O5/c7-1-4-6(10)5(9)3(8)2-11-4/h2,4,6-8,10H,1H2/t4-,6-/m1/s1. The predicted octanol–water partition coefficient (Wildman–Crippen LogP) is -1.29. The molecule has 0 aliphatic carbocycles. The normalized spacial score (nSPS) is 31.1. The molecule has 0 aromatic rings. The molecule has 62 valence electrons. The highest BCUT2D eigenvalue weighted by Gasteiger charge is 2.32. The number of carbonyl (C=O) groups excluding carboxylic acids is 1. The highest BCUT2D eigenvalue weighted by molar-refractivity contribution is 5.97. The Hall–Kier alpha value is -1.07. The fourth-order valence-electron chi connectivity index (χ4n) is 0.748. The van der Waals surface area contributed by atoms with Crippen LogP contribution in [0, 0.1) is 0 Å². The van der Waals surface area contributed by atoms with Gasteiger partial charge in [0.1, 0.15) is 6.26 Å². The van der Waals surface area contributed by atoms with Crippen molar-refractivity contribution in [2.75, 3.05) is 6.61 Å². The molecule has 2 atom stereocenters. The van der Waals surface area contributed by atoms with Crippen molar-refractivity contribution in [2.45, 2.75) is 12.2 Å². The maximum atomic E-state index is 10.7. The Kier molecular flexibility index (Phi) is 2.11. The molecule has 1 rings (SSSR count). The minimum atomic E-state index is -1.47. The fourth-order valence-corrected chi connectivity index (χ4v) is 0.748. The van der Waals surface area contributed by atoms with Crippen LogP contribution in [0.4, 0.5) is 0 Å². The van der Waals surface area contributed by atoms with Gasteiger partial charge in [-0.1, -0.05) is 0 Å². The second-order valence-electron chi connectivity index (χ2n) is 2.17. The van der Waals surface area contributed by atoms with E-state index in [1.807, 2.05) is 0 Å². The summed E-state index contributed by atoms with van der Waals surface area (Å²) in [7, 11) is 0. The number of aliphatic hydroxyl groups is 3. The number of rotatable bonds is 1. The van der Waals surface area contributed by atoms with E-state index in [-0.39, 0.29) is 0 Å². The van der Waals surface area contributed by atoms with Crippen molar-refractivity contribution in [1.29, 1.82) is 0 Å². The number of ketones is 1. The molecule has 0 amide bonds. The molecular formula is C6H8O5. The molecule has 0 fully saturated rings. The van der Waals surface area contributed by atoms with Crippen molar-refractivity contribution in [3.63, 3.8) is 0 Å². The van der Waals surface area contributed by atoms with Crippen LogP contribution in [0.25, 0.3) is 0 Å². The highest BCUT2D eigenvalue weighted by atomic mass is 16.5. The minimum absolute atomic E-state index is 0.462. The molecule has 1 aliphatic heterocycles. The summed E-state index contributed by atoms with van der Waals surface area (Å²) in [6, 6.07) is 0. The van der Waals surface area contributed by atoms with E-state index in [4.69, 9.17) is 15.3 Å². The summed E-state index contributed by atoms with van der Waals surface area (Å²) < 4.78 is 4.59. The lowest BCUT2D eigenvalue weighted by atomic mass is 10.1. The topological polar surface area (TPSA) is 87.0 Å². The zero-order valence-corrected chi connectivity index (χ0v) is 5.60. The van der Waals surface area contributed by atoms with Gasteiger partial charge >= 0.3 is 0 Å². The van der Waals surface area contributed by atoms with Gasteiger partial charge in [0.2, 0.25) is 5.78 Å². The number of aliphatic hydroxyl groups excluding tert-OH is 3. The van der Waals surface area contributed by atoms with Crippen LogP contribution in [0.1, 0.15) is 0 Å². The molecule has 1 heterocycles. The summed E-state index contributed by atoms with van der Waals surface area (Å²) in [4.78, 5) is 10.7. The largest absolute Gasteiger partial charge is 0.502 e. The highest BCUT2D eigenvalue weighted by Crippen LogP contribution is 2.12. The second-order valence-corrected chi connectivity index (χ2v) is 2.17. The maximum absolute atomic E-state index is 10.7. The third-order valence-corrected chi connectivity index (χ3v) is 1.41. The lowest BCUT2D eigenvalue weighted by molar-refractivity contribution is -0.138. The first-order valence-corrected chi connectivity index (χ1v) is 3.04. The van der Waals surface area contributed by atoms with E-state index in [9.17, 15) is 4.79 Å². The van der Waals surface area contributed by atoms with E-state index in [0.717, 1.165) is 6.26 Å². The number of hydrogen-bond acceptors (Lipinski definition) is 5. The van der Waals surface area contributed by atoms with Gasteiger partial charge in [0, 0.05) is 0 Å². The van der Waals surface area contributed by atoms with Crippen molar-refractivity contribution in [3.8, 4) is 0 Å². The molecule has 0 radical (unpaired) electrons. The van der Waals surface area contributed by atoms with Crippen molar-refractivity contribution in [3.05, 3.63) is 12.0 Å². The smallest absolute Gasteiger partial charge is 0.232 e. The molecule has 0 aromatic heterocycles. The van der Waals surface area contributed by atoms with Crippen LogP contribution in [-0.2, 0) is 9.53 Å². The van der Waals surface area contributed by atoms with Crippen LogP contribution >= 0.6 is 0 Å². The van der Waals surface area contributed by atoms with E-state index in [0.29, 0.717) is 0 Å². The molecule has 5 heteroatoms. The van der Waals surface area contributed by atoms with Crippen molar-refractivity contribution < 1.29 is 24.9 Å². The zero-order chi connectivity index (χ0) is 8.43. The van der Waals surface area contributed by atoms with Crippen LogP contribution in [0.5, 0.6) is 0 Å². The first kappa shape index (κ1) is 8.03. The molecule has 0 aromatic carbocycles. The summed E-state index contributed by atoms with van der Waals surface area (Å²) in [5.74, 6) is -1.45. The van der Waals surface area contributed by atoms with Crippen LogP contribution in [0.3, 0.4) is 0 Å². The SMILES string of the molecule is O=C1C(O)=CO[C@H](CO)[C@H]1O. The Labute approximate surface area is 62.5 Å². The van der Waals surface area contributed by atoms with Gasteiger partial charge in [-0.3, -0.25) is 4.79 Å². The van der Waals surface area contributed by atoms with Crippen LogP contribution in [0.2, 0.25) is 0 Å². The minimum Gasteiger partial charge on any atom is -0.502 e. The van der Waals surface area contributed by atoms with Gasteiger partial charge in [-0.15, -0.1) is 0 Å². The average Bonchev–Trinajstić information content (AvgIpc) is 2.01. The first-order chi connectivity index (χ1) is 5.16. The Balaban J connectivity index is 2.76. The quantitative estimate of drug-likeness (QED) is 0.444. The van der Waals surface area contributed by atoms with E-state index in [1.165, 1.54) is 0 Å². The summed E-state index contributed by atoms with van der Waals surface area (Å²) in [6.45, 7) is -0.462. The Morgan fingerprint density at radius 1 is 1.64 bits per heavy atom. The Morgan fingerprint density at radius 2 is 2.27 bits per heavy atom. The molecule has 0 saturated heterocycles. The van der Waals surface area contributed by atoms with E-state index >= 15 is 0 Å². The van der Waals surface area contributed by atoms with Crippen LogP contribution in [0.15, 0.2) is 12.0 Å². The summed E-state index contributed by atoms with van der Waals surface area (Å²) in [5.41, 5.74) is 0. The first-order valence-electron chi connectivity index (χ1n) is 3.04. The van der Waals surface area contributed by atoms with Gasteiger partial charge in [0.25, 0.3) is 0 Å². The van der Waals surface area contributed by atoms with Crippen molar-refractivity contribution in [2.24, 2.45) is 0 Å². The van der Waals surface area contributed by atoms with Gasteiger partial charge in [-0.25, -0.2) is 0 Å². The van der Waals surface area contributed by atoms with E-state index in [2.05, 4.69) is 4.74 Å². The molecule has 1 aliphatic rings. The monoisotopic (exact) mass is 160 g/mol. The van der Waals surface area contributed by atoms with Crippen LogP contribution < -0.4 is 0 Å². The van der Waals surface area contributed by atoms with E-state index < -0.39 is 30.4 Å². The number of hydrogen-bond donors (Lipinski definition) is 3. The molecule has 11 heavy (non-hydrogen) atoms. The lowest BCUT2D eigenvalue weighted by Crippen LogP contribution is -2.41. The predicted molar refractivity (Wildman–Crippen MR) is 33.7 cm³/mol. The summed E-state index contributed by atoms with van der Waals surface area (Å²) in [5, 5.41) is 26.2. The number of Topliss-reactive ketones (excluding diaryl/α,β-unsaturated/α-hetero) is 1. The van der Waals surface area contributed by atoms with Gasteiger partial charge < -0.3 is 20.1 Å². The molecule has 0 saturated carbocycles. The second kappa shape index (κ2) is 2.89. The molecule has 3 N–H and O–H groups in total. The van der Waals surface area contributed by atoms with Gasteiger partial charge in [0.05, 0.1) is 6.61 Å². The van der Waals surface area contributed by atoms with Crippen molar-refractivity contribution in [1.82, 2.24) is 0 Å². The lowest BCUT2D eigenvalue weighted by Gasteiger charge is -2.22. The summed E-state index contributed by atoms with van der Waals surface area (Å²) >= 11 is 0. The average molecular weight is 160 g/mol. The maximum Gasteiger partial charge on any atom is 0.232 e. The summed E-state index contributed by atoms with van der Waals surface area (Å²) in [6.07, 6.45) is -1.61. The molecule has 0 spiro atoms. The van der Waals surface area contributed by atoms with Crippen molar-refractivity contribution >= 4 is 5.78 Å². The third kappa shape index (κ3) is 1.33. The van der Waals surface area contributed by atoms with E-state index in [1.54, 1.807) is 0 Å². The Morgan fingerprint density at radius 3 is 2.82 bits per heavy atom. The van der Waals surface area contributed by atoms with Gasteiger partial charge in [-0.2, -0.15) is 0 Å². The fraction of sp³-hybridized carbons (Fsp3) is 0.500.